The van der Waals surface area contributed by atoms with Crippen LogP contribution in [0.25, 0.3) is 5.57 Å². The number of benzene rings is 1. The standard InChI is InChI=1S/C25H30F3N3O3/c1-5-30-25-14(12(2)3)6-7-31(25)17-9-19(23(33)22(17)32)34-18-8-15(24(27)28)21(26)20-13(4)10-29-11-16(18)20/h5-8,13,17,19,22-24,29,32-33H,2,9-11H2,1,3-4H3/t13-,17+,19-,22-,23+/m0/s1. The zero-order chi connectivity index (χ0) is 24.7. The third-order valence-electron chi connectivity index (χ3n) is 6.71. The summed E-state index contributed by atoms with van der Waals surface area (Å²) in [5.41, 5.74) is 1.58. The SMILES string of the molecule is C=C(C)c1ccn([C@@H]2C[C@H](Oc3cc(C(F)F)c(F)c4c3CNC[C@@H]4C)[C@@H](O)[C@H]2O)c1N=CC. The molecule has 1 aliphatic heterocycles. The van der Waals surface area contributed by atoms with E-state index in [0.717, 1.165) is 17.2 Å². The minimum atomic E-state index is -3.00. The Morgan fingerprint density at radius 1 is 1.35 bits per heavy atom. The van der Waals surface area contributed by atoms with Crippen molar-refractivity contribution in [2.75, 3.05) is 6.54 Å². The van der Waals surface area contributed by atoms with Gasteiger partial charge in [-0.1, -0.05) is 13.5 Å². The first-order valence-corrected chi connectivity index (χ1v) is 11.4. The monoisotopic (exact) mass is 477 g/mol. The van der Waals surface area contributed by atoms with Crippen molar-refractivity contribution in [2.45, 2.75) is 70.4 Å². The number of aromatic nitrogens is 1. The highest BCUT2D eigenvalue weighted by Crippen LogP contribution is 2.42. The van der Waals surface area contributed by atoms with E-state index in [1.807, 2.05) is 13.0 Å². The van der Waals surface area contributed by atoms with E-state index in [2.05, 4.69) is 16.9 Å². The fourth-order valence-electron chi connectivity index (χ4n) is 5.01. The molecule has 4 rings (SSSR count). The quantitative estimate of drug-likeness (QED) is 0.530. The maximum atomic E-state index is 14.9. The number of rotatable bonds is 6. The Bertz CT molecular complexity index is 1110. The molecule has 2 aliphatic rings. The summed E-state index contributed by atoms with van der Waals surface area (Å²) in [6, 6.07) is 2.30. The van der Waals surface area contributed by atoms with Crippen molar-refractivity contribution in [1.29, 1.82) is 0 Å². The van der Waals surface area contributed by atoms with Gasteiger partial charge in [-0.25, -0.2) is 18.2 Å². The number of ether oxygens (including phenoxy) is 1. The van der Waals surface area contributed by atoms with Crippen LogP contribution in [0.3, 0.4) is 0 Å². The number of halogens is 3. The molecular formula is C25H30F3N3O3. The Morgan fingerprint density at radius 3 is 2.74 bits per heavy atom. The number of nitrogens with zero attached hydrogens (tertiary/aromatic N) is 2. The van der Waals surface area contributed by atoms with Gasteiger partial charge in [0.1, 0.15) is 35.7 Å². The number of aliphatic hydroxyl groups is 2. The van der Waals surface area contributed by atoms with Crippen LogP contribution in [-0.4, -0.2) is 45.9 Å². The average Bonchev–Trinajstić information content (AvgIpc) is 3.31. The molecule has 0 radical (unpaired) electrons. The minimum absolute atomic E-state index is 0.101. The van der Waals surface area contributed by atoms with Crippen molar-refractivity contribution in [3.05, 3.63) is 53.0 Å². The highest BCUT2D eigenvalue weighted by atomic mass is 19.3. The molecule has 0 spiro atoms. The van der Waals surface area contributed by atoms with Crippen LogP contribution < -0.4 is 10.1 Å². The van der Waals surface area contributed by atoms with Crippen LogP contribution in [0.15, 0.2) is 29.9 Å². The summed E-state index contributed by atoms with van der Waals surface area (Å²) in [5, 5.41) is 24.8. The lowest BCUT2D eigenvalue weighted by Crippen LogP contribution is -2.35. The molecule has 0 unspecified atom stereocenters. The first kappa shape index (κ1) is 24.5. The van der Waals surface area contributed by atoms with Gasteiger partial charge in [0.05, 0.1) is 11.6 Å². The predicted octanol–water partition coefficient (Wildman–Crippen LogP) is 4.64. The fourth-order valence-corrected chi connectivity index (χ4v) is 5.01. The van der Waals surface area contributed by atoms with Crippen molar-refractivity contribution in [3.8, 4) is 5.75 Å². The van der Waals surface area contributed by atoms with Gasteiger partial charge in [-0.3, -0.25) is 0 Å². The Morgan fingerprint density at radius 2 is 2.09 bits per heavy atom. The van der Waals surface area contributed by atoms with Crippen molar-refractivity contribution < 1.29 is 28.1 Å². The van der Waals surface area contributed by atoms with E-state index >= 15 is 0 Å². The van der Waals surface area contributed by atoms with E-state index in [1.54, 1.807) is 30.8 Å². The molecular weight excluding hydrogens is 447 g/mol. The zero-order valence-electron chi connectivity index (χ0n) is 19.4. The van der Waals surface area contributed by atoms with E-state index in [-0.39, 0.29) is 30.2 Å². The Labute approximate surface area is 196 Å². The molecule has 6 nitrogen and oxygen atoms in total. The molecule has 2 heterocycles. The summed E-state index contributed by atoms with van der Waals surface area (Å²) in [6.45, 7) is 10.1. The second-order valence-corrected chi connectivity index (χ2v) is 9.07. The molecule has 0 bridgehead atoms. The lowest BCUT2D eigenvalue weighted by atomic mass is 9.89. The molecule has 0 amide bonds. The van der Waals surface area contributed by atoms with Crippen LogP contribution >= 0.6 is 0 Å². The molecule has 1 aliphatic carbocycles. The highest BCUT2D eigenvalue weighted by Gasteiger charge is 2.45. The topological polar surface area (TPSA) is 79.0 Å². The van der Waals surface area contributed by atoms with E-state index < -0.39 is 42.2 Å². The van der Waals surface area contributed by atoms with Crippen LogP contribution in [0, 0.1) is 5.82 Å². The minimum Gasteiger partial charge on any atom is -0.487 e. The number of nitrogens with one attached hydrogen (secondary N) is 1. The van der Waals surface area contributed by atoms with Gasteiger partial charge in [-0.05, 0) is 37.5 Å². The smallest absolute Gasteiger partial charge is 0.266 e. The van der Waals surface area contributed by atoms with Crippen molar-refractivity contribution >= 4 is 17.6 Å². The average molecular weight is 478 g/mol. The summed E-state index contributed by atoms with van der Waals surface area (Å²) < 4.78 is 49.9. The summed E-state index contributed by atoms with van der Waals surface area (Å²) in [4.78, 5) is 4.42. The third-order valence-corrected chi connectivity index (χ3v) is 6.71. The Kier molecular flexibility index (Phi) is 6.89. The summed E-state index contributed by atoms with van der Waals surface area (Å²) in [7, 11) is 0. The van der Waals surface area contributed by atoms with E-state index in [1.165, 1.54) is 0 Å². The predicted molar refractivity (Wildman–Crippen MR) is 125 cm³/mol. The van der Waals surface area contributed by atoms with Gasteiger partial charge in [0.15, 0.2) is 0 Å². The molecule has 2 aromatic rings. The largest absolute Gasteiger partial charge is 0.487 e. The number of aliphatic hydroxyl groups excluding tert-OH is 2. The number of alkyl halides is 2. The van der Waals surface area contributed by atoms with Crippen LogP contribution in [0.5, 0.6) is 5.75 Å². The van der Waals surface area contributed by atoms with E-state index in [4.69, 9.17) is 4.74 Å². The number of aliphatic imine (C=N–C) groups is 1. The number of allylic oxidation sites excluding steroid dienone is 1. The van der Waals surface area contributed by atoms with Crippen molar-refractivity contribution in [1.82, 2.24) is 9.88 Å². The molecule has 1 saturated carbocycles. The lowest BCUT2D eigenvalue weighted by molar-refractivity contribution is -0.0169. The number of hydrogen-bond acceptors (Lipinski definition) is 5. The summed E-state index contributed by atoms with van der Waals surface area (Å²) in [5.74, 6) is -0.516. The second kappa shape index (κ2) is 9.56. The third kappa shape index (κ3) is 4.16. The maximum absolute atomic E-state index is 14.9. The molecule has 0 saturated heterocycles. The summed E-state index contributed by atoms with van der Waals surface area (Å²) >= 11 is 0. The fraction of sp³-hybridized carbons (Fsp3) is 0.480. The second-order valence-electron chi connectivity index (χ2n) is 9.07. The van der Waals surface area contributed by atoms with Gasteiger partial charge in [-0.15, -0.1) is 0 Å². The molecule has 34 heavy (non-hydrogen) atoms. The van der Waals surface area contributed by atoms with Gasteiger partial charge >= 0.3 is 0 Å². The van der Waals surface area contributed by atoms with Gasteiger partial charge in [-0.2, -0.15) is 0 Å². The van der Waals surface area contributed by atoms with Gasteiger partial charge < -0.3 is 24.8 Å². The normalized spacial score (nSPS) is 26.9. The van der Waals surface area contributed by atoms with E-state index in [9.17, 15) is 23.4 Å². The summed E-state index contributed by atoms with van der Waals surface area (Å²) in [6.07, 6.45) is -2.72. The number of hydrogen-bond donors (Lipinski definition) is 3. The molecule has 9 heteroatoms. The Hall–Kier alpha value is -2.62. The zero-order valence-corrected chi connectivity index (χ0v) is 19.4. The van der Waals surface area contributed by atoms with Crippen LogP contribution in [0.4, 0.5) is 19.0 Å². The van der Waals surface area contributed by atoms with E-state index in [0.29, 0.717) is 17.9 Å². The first-order chi connectivity index (χ1) is 16.1. The molecule has 184 valence electrons. The van der Waals surface area contributed by atoms with Crippen molar-refractivity contribution in [3.63, 3.8) is 0 Å². The van der Waals surface area contributed by atoms with Crippen LogP contribution in [0.2, 0.25) is 0 Å². The lowest BCUT2D eigenvalue weighted by Gasteiger charge is -2.29. The number of fused-ring (bicyclic) bond motifs is 1. The van der Waals surface area contributed by atoms with Gasteiger partial charge in [0.2, 0.25) is 0 Å². The van der Waals surface area contributed by atoms with Crippen LogP contribution in [0.1, 0.15) is 67.8 Å². The van der Waals surface area contributed by atoms with Crippen LogP contribution in [-0.2, 0) is 6.54 Å². The van der Waals surface area contributed by atoms with Gasteiger partial charge in [0.25, 0.3) is 6.43 Å². The molecule has 1 fully saturated rings. The molecule has 3 N–H and O–H groups in total. The molecule has 1 aromatic carbocycles. The molecule has 1 aromatic heterocycles. The molecule has 5 atom stereocenters. The maximum Gasteiger partial charge on any atom is 0.266 e. The first-order valence-electron chi connectivity index (χ1n) is 11.4. The highest BCUT2D eigenvalue weighted by molar-refractivity contribution is 5.73. The Balaban J connectivity index is 1.69. The van der Waals surface area contributed by atoms with Gasteiger partial charge in [0, 0.05) is 48.6 Å². The van der Waals surface area contributed by atoms with Crippen molar-refractivity contribution in [2.24, 2.45) is 4.99 Å².